The van der Waals surface area contributed by atoms with Crippen molar-refractivity contribution in [2.75, 3.05) is 0 Å². The van der Waals surface area contributed by atoms with Crippen molar-refractivity contribution >= 4 is 5.97 Å². The van der Waals surface area contributed by atoms with E-state index in [0.717, 1.165) is 0 Å². The normalized spacial score (nSPS) is 38.5. The molecule has 0 saturated carbocycles. The summed E-state index contributed by atoms with van der Waals surface area (Å²) in [5, 5.41) is 36.3. The number of hydrogen-bond acceptors (Lipinski definition) is 6. The zero-order valence-electron chi connectivity index (χ0n) is 6.99. The van der Waals surface area contributed by atoms with Crippen LogP contribution < -0.4 is 0 Å². The summed E-state index contributed by atoms with van der Waals surface area (Å²) in [6.45, 7) is 1.29. The van der Waals surface area contributed by atoms with Gasteiger partial charge in [0.25, 0.3) is 0 Å². The van der Waals surface area contributed by atoms with E-state index in [4.69, 9.17) is 10.2 Å². The van der Waals surface area contributed by atoms with Crippen molar-refractivity contribution in [2.45, 2.75) is 37.4 Å². The van der Waals surface area contributed by atoms with Crippen LogP contribution in [0.2, 0.25) is 0 Å². The van der Waals surface area contributed by atoms with Gasteiger partial charge in [-0.3, -0.25) is 0 Å². The van der Waals surface area contributed by atoms with Gasteiger partial charge in [-0.1, -0.05) is 0 Å². The number of aliphatic hydroxyl groups is 4. The number of hydrogen-bond donors (Lipinski definition) is 4. The minimum absolute atomic E-state index is 0.989. The molecule has 5 atom stereocenters. The molecule has 0 aromatic rings. The van der Waals surface area contributed by atoms with Crippen molar-refractivity contribution in [3.8, 4) is 0 Å². The number of aliphatic hydroxyl groups excluding tert-OH is 4. The minimum atomic E-state index is -1.64. The van der Waals surface area contributed by atoms with Gasteiger partial charge in [0.2, 0.25) is 0 Å². The van der Waals surface area contributed by atoms with Gasteiger partial charge in [0, 0.05) is 0 Å². The van der Waals surface area contributed by atoms with Crippen LogP contribution in [0.25, 0.3) is 0 Å². The van der Waals surface area contributed by atoms with E-state index in [1.165, 1.54) is 6.92 Å². The molecule has 4 N–H and O–H groups in total. The van der Waals surface area contributed by atoms with Crippen molar-refractivity contribution in [3.05, 3.63) is 0 Å². The van der Waals surface area contributed by atoms with Gasteiger partial charge < -0.3 is 25.2 Å². The Hall–Kier alpha value is -0.690. The van der Waals surface area contributed by atoms with Crippen LogP contribution in [0.5, 0.6) is 0 Å². The molecule has 1 fully saturated rings. The van der Waals surface area contributed by atoms with Gasteiger partial charge in [0.15, 0.2) is 12.2 Å². The maximum Gasteiger partial charge on any atom is 0.338 e. The first-order chi connectivity index (χ1) is 5.95. The average Bonchev–Trinajstić information content (AvgIpc) is 2.31. The first-order valence-corrected chi connectivity index (χ1v) is 3.88. The van der Waals surface area contributed by atoms with E-state index < -0.39 is 36.5 Å². The molecule has 76 valence electrons. The van der Waals surface area contributed by atoms with E-state index in [-0.39, 0.29) is 0 Å². The molecule has 13 heavy (non-hydrogen) atoms. The predicted octanol–water partition coefficient (Wildman–Crippen LogP) is -2.62. The van der Waals surface area contributed by atoms with E-state index >= 15 is 0 Å². The minimum Gasteiger partial charge on any atom is -0.455 e. The Labute approximate surface area is 74.4 Å². The third kappa shape index (κ3) is 1.80. The lowest BCUT2D eigenvalue weighted by Crippen LogP contribution is -2.43. The second-order valence-electron chi connectivity index (χ2n) is 3.07. The van der Waals surface area contributed by atoms with Crippen molar-refractivity contribution < 1.29 is 30.0 Å². The Morgan fingerprint density at radius 3 is 2.23 bits per heavy atom. The molecule has 1 saturated heterocycles. The smallest absolute Gasteiger partial charge is 0.338 e. The molecule has 0 unspecified atom stereocenters. The fourth-order valence-corrected chi connectivity index (χ4v) is 1.14. The maximum absolute atomic E-state index is 10.7. The van der Waals surface area contributed by atoms with Gasteiger partial charge in [0.1, 0.15) is 12.2 Å². The number of rotatable bonds is 2. The first-order valence-electron chi connectivity index (χ1n) is 3.88. The topological polar surface area (TPSA) is 107 Å². The van der Waals surface area contributed by atoms with E-state index in [9.17, 15) is 15.0 Å². The summed E-state index contributed by atoms with van der Waals surface area (Å²) in [7, 11) is 0. The third-order valence-corrected chi connectivity index (χ3v) is 1.98. The highest BCUT2D eigenvalue weighted by atomic mass is 16.6. The number of carbonyl (C=O) groups is 1. The van der Waals surface area contributed by atoms with Gasteiger partial charge in [-0.25, -0.2) is 4.79 Å². The molecule has 0 amide bonds. The van der Waals surface area contributed by atoms with Gasteiger partial charge in [-0.15, -0.1) is 0 Å². The lowest BCUT2D eigenvalue weighted by Gasteiger charge is -2.21. The SMILES string of the molecule is C[C@@H](O)[C@@H](O)[C@@H]1OC(=O)[C@H](O)[C@@H]1O. The summed E-state index contributed by atoms with van der Waals surface area (Å²) < 4.78 is 4.46. The molecule has 0 aromatic heterocycles. The van der Waals surface area contributed by atoms with Crippen LogP contribution in [0.3, 0.4) is 0 Å². The summed E-state index contributed by atoms with van der Waals surface area (Å²) in [6, 6.07) is 0. The summed E-state index contributed by atoms with van der Waals surface area (Å²) in [5.41, 5.74) is 0. The molecular weight excluding hydrogens is 180 g/mol. The fourth-order valence-electron chi connectivity index (χ4n) is 1.14. The maximum atomic E-state index is 10.7. The number of ether oxygens (including phenoxy) is 1. The molecule has 1 aliphatic rings. The quantitative estimate of drug-likeness (QED) is 0.357. The Kier molecular flexibility index (Phi) is 2.87. The van der Waals surface area contributed by atoms with Gasteiger partial charge in [0.05, 0.1) is 6.10 Å². The fraction of sp³-hybridized carbons (Fsp3) is 0.857. The van der Waals surface area contributed by atoms with Crippen LogP contribution in [0, 0.1) is 0 Å². The number of cyclic esters (lactones) is 1. The zero-order valence-corrected chi connectivity index (χ0v) is 6.99. The summed E-state index contributed by atoms with van der Waals surface area (Å²) in [4.78, 5) is 10.7. The van der Waals surface area contributed by atoms with Crippen LogP contribution in [0.15, 0.2) is 0 Å². The van der Waals surface area contributed by atoms with E-state index in [1.807, 2.05) is 0 Å². The van der Waals surface area contributed by atoms with Crippen molar-refractivity contribution in [3.63, 3.8) is 0 Å². The highest BCUT2D eigenvalue weighted by Gasteiger charge is 2.47. The van der Waals surface area contributed by atoms with Gasteiger partial charge in [-0.2, -0.15) is 0 Å². The molecule has 1 rings (SSSR count). The zero-order chi connectivity index (χ0) is 10.2. The molecule has 1 aliphatic heterocycles. The Balaban J connectivity index is 2.68. The predicted molar refractivity (Wildman–Crippen MR) is 39.6 cm³/mol. The molecule has 0 radical (unpaired) electrons. The molecule has 0 spiro atoms. The third-order valence-electron chi connectivity index (χ3n) is 1.98. The molecule has 6 heteroatoms. The lowest BCUT2D eigenvalue weighted by molar-refractivity contribution is -0.153. The highest BCUT2D eigenvalue weighted by molar-refractivity contribution is 5.77. The largest absolute Gasteiger partial charge is 0.455 e. The van der Waals surface area contributed by atoms with Crippen molar-refractivity contribution in [1.29, 1.82) is 0 Å². The van der Waals surface area contributed by atoms with E-state index in [1.54, 1.807) is 0 Å². The molecule has 0 aliphatic carbocycles. The molecular formula is C7H12O6. The first kappa shape index (κ1) is 10.4. The number of carbonyl (C=O) groups excluding carboxylic acids is 1. The van der Waals surface area contributed by atoms with Crippen LogP contribution in [0.1, 0.15) is 6.92 Å². The van der Waals surface area contributed by atoms with Crippen molar-refractivity contribution in [1.82, 2.24) is 0 Å². The monoisotopic (exact) mass is 192 g/mol. The molecule has 0 bridgehead atoms. The van der Waals surface area contributed by atoms with Crippen LogP contribution >= 0.6 is 0 Å². The summed E-state index contributed by atoms with van der Waals surface area (Å²) >= 11 is 0. The van der Waals surface area contributed by atoms with Crippen molar-refractivity contribution in [2.24, 2.45) is 0 Å². The second kappa shape index (κ2) is 3.59. The molecule has 0 aromatic carbocycles. The van der Waals surface area contributed by atoms with Crippen LogP contribution in [-0.2, 0) is 9.53 Å². The average molecular weight is 192 g/mol. The van der Waals surface area contributed by atoms with E-state index in [0.29, 0.717) is 0 Å². The molecule has 1 heterocycles. The van der Waals surface area contributed by atoms with Crippen LogP contribution in [-0.4, -0.2) is 56.9 Å². The van der Waals surface area contributed by atoms with Crippen LogP contribution in [0.4, 0.5) is 0 Å². The summed E-state index contributed by atoms with van der Waals surface area (Å²) in [6.07, 6.45) is -6.92. The van der Waals surface area contributed by atoms with Gasteiger partial charge in [-0.05, 0) is 6.92 Å². The second-order valence-corrected chi connectivity index (χ2v) is 3.07. The Bertz CT molecular complexity index is 203. The highest BCUT2D eigenvalue weighted by Crippen LogP contribution is 2.20. The Morgan fingerprint density at radius 1 is 1.38 bits per heavy atom. The van der Waals surface area contributed by atoms with E-state index in [2.05, 4.69) is 4.74 Å². The van der Waals surface area contributed by atoms with Gasteiger partial charge >= 0.3 is 5.97 Å². The number of esters is 1. The molecule has 6 nitrogen and oxygen atoms in total. The lowest BCUT2D eigenvalue weighted by atomic mass is 10.0. The summed E-state index contributed by atoms with van der Waals surface area (Å²) in [5.74, 6) is -0.989. The Morgan fingerprint density at radius 2 is 1.92 bits per heavy atom. The standard InChI is InChI=1S/C7H12O6/c1-2(8)3(9)6-4(10)5(11)7(12)13-6/h2-6,8-11H,1H3/t2-,3-,4+,5-,6+/m1/s1.